The minimum absolute atomic E-state index is 0.117. The highest BCUT2D eigenvalue weighted by Gasteiger charge is 2.25. The Bertz CT molecular complexity index is 1160. The van der Waals surface area contributed by atoms with Crippen LogP contribution >= 0.6 is 0 Å². The molecule has 5 N–H and O–H groups in total. The number of nitrogens with one attached hydrogen (secondary N) is 3. The molecule has 34 heavy (non-hydrogen) atoms. The number of pyridine rings is 1. The Balaban J connectivity index is 1.36. The minimum Gasteiger partial charge on any atom is -0.444 e. The van der Waals surface area contributed by atoms with Gasteiger partial charge in [-0.05, 0) is 82.9 Å². The second kappa shape index (κ2) is 9.58. The molecule has 0 bridgehead atoms. The lowest BCUT2D eigenvalue weighted by Crippen LogP contribution is -2.42. The second-order valence-electron chi connectivity index (χ2n) is 9.52. The smallest absolute Gasteiger partial charge is 0.407 e. The first-order valence-electron chi connectivity index (χ1n) is 11.4. The van der Waals surface area contributed by atoms with Crippen LogP contribution in [0, 0.1) is 0 Å². The maximum atomic E-state index is 12.0. The molecule has 0 radical (unpaired) electrons. The molecule has 2 aromatic heterocycles. The average Bonchev–Trinajstić information content (AvgIpc) is 3.17. The van der Waals surface area contributed by atoms with E-state index in [-0.39, 0.29) is 18.2 Å². The van der Waals surface area contributed by atoms with Gasteiger partial charge < -0.3 is 26.4 Å². The molecular weight excluding hydrogens is 434 g/mol. The fourth-order valence-corrected chi connectivity index (χ4v) is 3.98. The van der Waals surface area contributed by atoms with Gasteiger partial charge in [0.2, 0.25) is 11.9 Å². The van der Waals surface area contributed by atoms with Crippen molar-refractivity contribution >= 4 is 35.1 Å². The maximum Gasteiger partial charge on any atom is 0.407 e. The summed E-state index contributed by atoms with van der Waals surface area (Å²) >= 11 is 0. The van der Waals surface area contributed by atoms with Crippen molar-refractivity contribution in [3.63, 3.8) is 0 Å². The van der Waals surface area contributed by atoms with Gasteiger partial charge >= 0.3 is 6.09 Å². The van der Waals surface area contributed by atoms with E-state index in [0.717, 1.165) is 37.2 Å². The number of hydrogen-bond acceptors (Lipinski definition) is 7. The van der Waals surface area contributed by atoms with Gasteiger partial charge in [-0.1, -0.05) is 6.07 Å². The lowest BCUT2D eigenvalue weighted by Gasteiger charge is -2.31. The van der Waals surface area contributed by atoms with Gasteiger partial charge in [0.05, 0.1) is 0 Å². The summed E-state index contributed by atoms with van der Waals surface area (Å²) in [6, 6.07) is 13.0. The molecule has 1 aliphatic carbocycles. The van der Waals surface area contributed by atoms with Crippen LogP contribution in [0.3, 0.4) is 0 Å². The fraction of sp³-hybridized carbons (Fsp3) is 0.417. The molecule has 0 atom stereocenters. The van der Waals surface area contributed by atoms with Crippen LogP contribution in [0.2, 0.25) is 0 Å². The molecule has 1 saturated carbocycles. The third-order valence-corrected chi connectivity index (χ3v) is 5.59. The van der Waals surface area contributed by atoms with E-state index in [0.29, 0.717) is 17.2 Å². The topological polar surface area (TPSA) is 136 Å². The van der Waals surface area contributed by atoms with Gasteiger partial charge in [0.15, 0.2) is 5.65 Å². The lowest BCUT2D eigenvalue weighted by atomic mass is 9.91. The molecule has 1 fully saturated rings. The van der Waals surface area contributed by atoms with E-state index < -0.39 is 11.5 Å². The van der Waals surface area contributed by atoms with Crippen molar-refractivity contribution in [2.45, 2.75) is 64.1 Å². The number of fused-ring (bicyclic) bond motifs is 1. The largest absolute Gasteiger partial charge is 0.444 e. The van der Waals surface area contributed by atoms with Crippen LogP contribution in [0.5, 0.6) is 0 Å². The standard InChI is InChI=1S/C24H31N7O3/c1-24(2,3)34-23(33)28-18-13-11-16(12-14-18)26-19-5-4-6-20-29-22(30-31(19)20)27-17-9-7-15(8-10-17)21(25)32/h4-10,16,18,26H,11-14H2,1-3H3,(H2,25,32)(H,27,30)(H,28,33). The van der Waals surface area contributed by atoms with Crippen LogP contribution in [0.25, 0.3) is 5.65 Å². The molecule has 0 aliphatic heterocycles. The molecule has 1 aliphatic rings. The monoisotopic (exact) mass is 465 g/mol. The summed E-state index contributed by atoms with van der Waals surface area (Å²) in [5.41, 5.74) is 6.70. The SMILES string of the molecule is CC(C)(C)OC(=O)NC1CCC(Nc2cccc3nc(Nc4ccc(C(N)=O)cc4)nn23)CC1. The van der Waals surface area contributed by atoms with E-state index >= 15 is 0 Å². The van der Waals surface area contributed by atoms with Crippen molar-refractivity contribution in [3.8, 4) is 0 Å². The quantitative estimate of drug-likeness (QED) is 0.434. The van der Waals surface area contributed by atoms with Crippen molar-refractivity contribution in [2.24, 2.45) is 5.73 Å². The Morgan fingerprint density at radius 2 is 1.71 bits per heavy atom. The van der Waals surface area contributed by atoms with Crippen LogP contribution in [0.15, 0.2) is 42.5 Å². The molecule has 10 nitrogen and oxygen atoms in total. The zero-order valence-corrected chi connectivity index (χ0v) is 19.7. The van der Waals surface area contributed by atoms with Gasteiger partial charge in [-0.15, -0.1) is 5.10 Å². The number of alkyl carbamates (subject to hydrolysis) is 1. The van der Waals surface area contributed by atoms with Gasteiger partial charge in [-0.3, -0.25) is 4.79 Å². The number of carbonyl (C=O) groups excluding carboxylic acids is 2. The van der Waals surface area contributed by atoms with Crippen LogP contribution in [-0.4, -0.2) is 44.3 Å². The van der Waals surface area contributed by atoms with E-state index in [9.17, 15) is 9.59 Å². The Kier molecular flexibility index (Phi) is 6.58. The number of anilines is 3. The predicted octanol–water partition coefficient (Wildman–Crippen LogP) is 3.82. The highest BCUT2D eigenvalue weighted by Crippen LogP contribution is 2.24. The second-order valence-corrected chi connectivity index (χ2v) is 9.52. The van der Waals surface area contributed by atoms with Crippen LogP contribution in [0.1, 0.15) is 56.8 Å². The number of hydrogen-bond donors (Lipinski definition) is 4. The lowest BCUT2D eigenvalue weighted by molar-refractivity contribution is 0.0492. The first-order chi connectivity index (χ1) is 16.2. The van der Waals surface area contributed by atoms with Gasteiger partial charge in [-0.2, -0.15) is 9.50 Å². The zero-order chi connectivity index (χ0) is 24.3. The number of primary amides is 1. The van der Waals surface area contributed by atoms with Crippen LogP contribution in [0.4, 0.5) is 22.2 Å². The number of nitrogens with zero attached hydrogens (tertiary/aromatic N) is 3. The summed E-state index contributed by atoms with van der Waals surface area (Å²) in [6.07, 6.45) is 3.23. The number of rotatable bonds is 6. The van der Waals surface area contributed by atoms with E-state index in [1.54, 1.807) is 28.8 Å². The molecule has 0 saturated heterocycles. The van der Waals surface area contributed by atoms with Crippen LogP contribution < -0.4 is 21.7 Å². The summed E-state index contributed by atoms with van der Waals surface area (Å²) in [6.45, 7) is 5.58. The molecule has 0 unspecified atom stereocenters. The van der Waals surface area contributed by atoms with E-state index in [1.807, 2.05) is 39.0 Å². The van der Waals surface area contributed by atoms with Crippen molar-refractivity contribution in [3.05, 3.63) is 48.0 Å². The van der Waals surface area contributed by atoms with Crippen molar-refractivity contribution in [2.75, 3.05) is 10.6 Å². The first-order valence-corrected chi connectivity index (χ1v) is 11.4. The number of aromatic nitrogens is 3. The number of amides is 2. The third-order valence-electron chi connectivity index (χ3n) is 5.59. The number of ether oxygens (including phenoxy) is 1. The van der Waals surface area contributed by atoms with Crippen molar-refractivity contribution in [1.82, 2.24) is 19.9 Å². The van der Waals surface area contributed by atoms with E-state index in [2.05, 4.69) is 26.0 Å². The zero-order valence-electron chi connectivity index (χ0n) is 19.7. The Labute approximate surface area is 198 Å². The molecule has 2 amide bonds. The Morgan fingerprint density at radius 3 is 2.35 bits per heavy atom. The van der Waals surface area contributed by atoms with Gasteiger partial charge in [0.1, 0.15) is 11.4 Å². The number of carbonyl (C=O) groups is 2. The highest BCUT2D eigenvalue weighted by atomic mass is 16.6. The third kappa shape index (κ3) is 5.94. The molecule has 180 valence electrons. The van der Waals surface area contributed by atoms with E-state index in [1.165, 1.54) is 0 Å². The Hall–Kier alpha value is -3.82. The highest BCUT2D eigenvalue weighted by molar-refractivity contribution is 5.93. The van der Waals surface area contributed by atoms with Crippen LogP contribution in [-0.2, 0) is 4.74 Å². The molecule has 10 heteroatoms. The molecule has 2 heterocycles. The molecule has 4 rings (SSSR count). The maximum absolute atomic E-state index is 12.0. The normalized spacial score (nSPS) is 18.3. The summed E-state index contributed by atoms with van der Waals surface area (Å²) < 4.78 is 7.13. The van der Waals surface area contributed by atoms with Gasteiger partial charge in [0.25, 0.3) is 0 Å². The molecule has 3 aromatic rings. The molecular formula is C24H31N7O3. The summed E-state index contributed by atoms with van der Waals surface area (Å²) in [4.78, 5) is 27.8. The number of benzene rings is 1. The first kappa shape index (κ1) is 23.3. The fourth-order valence-electron chi connectivity index (χ4n) is 3.98. The average molecular weight is 466 g/mol. The molecule has 1 aromatic carbocycles. The summed E-state index contributed by atoms with van der Waals surface area (Å²) in [7, 11) is 0. The summed E-state index contributed by atoms with van der Waals surface area (Å²) in [5, 5.41) is 14.3. The number of nitrogens with two attached hydrogens (primary N) is 1. The summed E-state index contributed by atoms with van der Waals surface area (Å²) in [5.74, 6) is 0.833. The van der Waals surface area contributed by atoms with Crippen molar-refractivity contribution < 1.29 is 14.3 Å². The Morgan fingerprint density at radius 1 is 1.03 bits per heavy atom. The molecule has 0 spiro atoms. The van der Waals surface area contributed by atoms with Crippen molar-refractivity contribution in [1.29, 1.82) is 0 Å². The van der Waals surface area contributed by atoms with E-state index in [4.69, 9.17) is 10.5 Å². The predicted molar refractivity (Wildman–Crippen MR) is 130 cm³/mol. The van der Waals surface area contributed by atoms with Gasteiger partial charge in [0, 0.05) is 23.3 Å². The van der Waals surface area contributed by atoms with Gasteiger partial charge in [-0.25, -0.2) is 4.79 Å². The minimum atomic E-state index is -0.500.